The van der Waals surface area contributed by atoms with Gasteiger partial charge in [0.15, 0.2) is 0 Å². The summed E-state index contributed by atoms with van der Waals surface area (Å²) in [6, 6.07) is 5.38. The number of rotatable bonds is 2. The molecule has 1 aromatic carbocycles. The number of aliphatic hydroxyl groups is 1. The summed E-state index contributed by atoms with van der Waals surface area (Å²) in [5.74, 6) is 0. The van der Waals surface area contributed by atoms with E-state index in [4.69, 9.17) is 22.4 Å². The van der Waals surface area contributed by atoms with Crippen molar-refractivity contribution in [3.05, 3.63) is 33.3 Å². The predicted octanol–water partition coefficient (Wildman–Crippen LogP) is 2.27. The molecule has 0 saturated carbocycles. The maximum atomic E-state index is 9.03. The fourth-order valence-corrected chi connectivity index (χ4v) is 1.44. The van der Waals surface area contributed by atoms with E-state index >= 15 is 0 Å². The lowest BCUT2D eigenvalue weighted by atomic mass is 9.94. The lowest BCUT2D eigenvalue weighted by Gasteiger charge is -2.22. The molecule has 2 nitrogen and oxygen atoms in total. The number of hydrogen-bond donors (Lipinski definition) is 2. The summed E-state index contributed by atoms with van der Waals surface area (Å²) in [5.41, 5.74) is 5.98. The Balaban J connectivity index is 3.10. The van der Waals surface area contributed by atoms with Crippen LogP contribution in [0.5, 0.6) is 0 Å². The van der Waals surface area contributed by atoms with Crippen molar-refractivity contribution >= 4 is 27.5 Å². The Bertz CT molecular complexity index is 314. The molecule has 0 radical (unpaired) electrons. The quantitative estimate of drug-likeness (QED) is 0.861. The molecule has 0 spiro atoms. The Labute approximate surface area is 90.8 Å². The number of benzene rings is 1. The fourth-order valence-electron chi connectivity index (χ4n) is 0.943. The Morgan fingerprint density at radius 1 is 1.62 bits per heavy atom. The van der Waals surface area contributed by atoms with E-state index < -0.39 is 5.54 Å². The van der Waals surface area contributed by atoms with E-state index in [0.717, 1.165) is 10.0 Å². The molecule has 0 saturated heterocycles. The van der Waals surface area contributed by atoms with Crippen LogP contribution in [-0.4, -0.2) is 11.7 Å². The number of nitrogens with two attached hydrogens (primary N) is 1. The zero-order chi connectivity index (χ0) is 10.1. The van der Waals surface area contributed by atoms with Crippen molar-refractivity contribution in [3.8, 4) is 0 Å². The van der Waals surface area contributed by atoms with Crippen molar-refractivity contribution in [3.63, 3.8) is 0 Å². The van der Waals surface area contributed by atoms with Crippen LogP contribution in [-0.2, 0) is 5.54 Å². The first-order valence-electron chi connectivity index (χ1n) is 3.82. The van der Waals surface area contributed by atoms with Gasteiger partial charge in [0.1, 0.15) is 0 Å². The third kappa shape index (κ3) is 2.44. The topological polar surface area (TPSA) is 46.2 Å². The molecule has 0 aliphatic heterocycles. The average Bonchev–Trinajstić information content (AvgIpc) is 2.09. The second-order valence-corrected chi connectivity index (χ2v) is 4.47. The van der Waals surface area contributed by atoms with Gasteiger partial charge in [0, 0.05) is 4.47 Å². The fraction of sp³-hybridized carbons (Fsp3) is 0.333. The van der Waals surface area contributed by atoms with Crippen molar-refractivity contribution in [1.82, 2.24) is 0 Å². The lowest BCUT2D eigenvalue weighted by molar-refractivity contribution is 0.210. The molecule has 3 N–H and O–H groups in total. The minimum atomic E-state index is -0.715. The van der Waals surface area contributed by atoms with Crippen LogP contribution in [0.3, 0.4) is 0 Å². The van der Waals surface area contributed by atoms with Gasteiger partial charge in [-0.2, -0.15) is 0 Å². The number of aliphatic hydroxyl groups excluding tert-OH is 1. The Kier molecular flexibility index (Phi) is 3.35. The molecular formula is C9H11BrClNO. The highest BCUT2D eigenvalue weighted by Gasteiger charge is 2.20. The first-order chi connectivity index (χ1) is 5.97. The number of hydrogen-bond acceptors (Lipinski definition) is 2. The van der Waals surface area contributed by atoms with Gasteiger partial charge in [0.2, 0.25) is 0 Å². The minimum Gasteiger partial charge on any atom is -0.394 e. The molecule has 0 amide bonds. The van der Waals surface area contributed by atoms with Crippen molar-refractivity contribution in [1.29, 1.82) is 0 Å². The molecule has 0 aliphatic carbocycles. The van der Waals surface area contributed by atoms with Gasteiger partial charge < -0.3 is 10.8 Å². The lowest BCUT2D eigenvalue weighted by Crippen LogP contribution is -2.36. The molecular weight excluding hydrogens is 253 g/mol. The molecule has 72 valence electrons. The first-order valence-corrected chi connectivity index (χ1v) is 5.00. The van der Waals surface area contributed by atoms with Gasteiger partial charge in [-0.25, -0.2) is 0 Å². The van der Waals surface area contributed by atoms with Crippen LogP contribution in [0.2, 0.25) is 5.02 Å². The molecule has 1 atom stereocenters. The van der Waals surface area contributed by atoms with Crippen molar-refractivity contribution in [2.24, 2.45) is 5.73 Å². The average molecular weight is 265 g/mol. The predicted molar refractivity (Wildman–Crippen MR) is 57.8 cm³/mol. The first kappa shape index (κ1) is 11.0. The van der Waals surface area contributed by atoms with Crippen LogP contribution in [0.25, 0.3) is 0 Å². The van der Waals surface area contributed by atoms with E-state index in [0.29, 0.717) is 5.02 Å². The zero-order valence-corrected chi connectivity index (χ0v) is 9.56. The van der Waals surface area contributed by atoms with Crippen LogP contribution in [0.15, 0.2) is 22.7 Å². The molecule has 0 aliphatic rings. The maximum Gasteiger partial charge on any atom is 0.0650 e. The molecule has 0 bridgehead atoms. The Morgan fingerprint density at radius 2 is 2.23 bits per heavy atom. The summed E-state index contributed by atoms with van der Waals surface area (Å²) >= 11 is 9.12. The van der Waals surface area contributed by atoms with Crippen molar-refractivity contribution in [2.75, 3.05) is 6.61 Å². The SMILES string of the molecule is CC(N)(CO)c1ccc(Cl)c(Br)c1. The van der Waals surface area contributed by atoms with Crippen molar-refractivity contribution < 1.29 is 5.11 Å². The third-order valence-corrected chi connectivity index (χ3v) is 3.12. The maximum absolute atomic E-state index is 9.03. The normalized spacial score (nSPS) is 15.5. The van der Waals surface area contributed by atoms with Gasteiger partial charge >= 0.3 is 0 Å². The summed E-state index contributed by atoms with van der Waals surface area (Å²) in [5, 5.41) is 9.67. The van der Waals surface area contributed by atoms with E-state index in [1.165, 1.54) is 0 Å². The highest BCUT2D eigenvalue weighted by molar-refractivity contribution is 9.10. The van der Waals surface area contributed by atoms with E-state index in [9.17, 15) is 0 Å². The molecule has 13 heavy (non-hydrogen) atoms. The molecule has 1 aromatic rings. The van der Waals surface area contributed by atoms with Gasteiger partial charge in [-0.15, -0.1) is 0 Å². The second-order valence-electron chi connectivity index (χ2n) is 3.20. The van der Waals surface area contributed by atoms with E-state index in [-0.39, 0.29) is 6.61 Å². The highest BCUT2D eigenvalue weighted by atomic mass is 79.9. The summed E-state index contributed by atoms with van der Waals surface area (Å²) in [6.07, 6.45) is 0. The van der Waals surface area contributed by atoms with Crippen LogP contribution >= 0.6 is 27.5 Å². The molecule has 0 fully saturated rings. The van der Waals surface area contributed by atoms with Gasteiger partial charge in [-0.1, -0.05) is 17.7 Å². The Morgan fingerprint density at radius 3 is 2.69 bits per heavy atom. The standard InChI is InChI=1S/C9H11BrClNO/c1-9(12,5-13)6-2-3-8(11)7(10)4-6/h2-4,13H,5,12H2,1H3. The van der Waals surface area contributed by atoms with Crippen LogP contribution in [0.1, 0.15) is 12.5 Å². The minimum absolute atomic E-state index is 0.0962. The monoisotopic (exact) mass is 263 g/mol. The molecule has 1 rings (SSSR count). The second kappa shape index (κ2) is 3.96. The van der Waals surface area contributed by atoms with Crippen LogP contribution < -0.4 is 5.73 Å². The number of halogens is 2. The van der Waals surface area contributed by atoms with Gasteiger partial charge in [-0.05, 0) is 40.5 Å². The molecule has 1 unspecified atom stereocenters. The van der Waals surface area contributed by atoms with Crippen LogP contribution in [0, 0.1) is 0 Å². The van der Waals surface area contributed by atoms with E-state index in [1.54, 1.807) is 13.0 Å². The van der Waals surface area contributed by atoms with Gasteiger partial charge in [-0.3, -0.25) is 0 Å². The Hall–Kier alpha value is -0.0900. The summed E-state index contributed by atoms with van der Waals surface area (Å²) in [6.45, 7) is 1.67. The van der Waals surface area contributed by atoms with Crippen LogP contribution in [0.4, 0.5) is 0 Å². The van der Waals surface area contributed by atoms with Gasteiger partial charge in [0.25, 0.3) is 0 Å². The van der Waals surface area contributed by atoms with Gasteiger partial charge in [0.05, 0.1) is 17.2 Å². The summed E-state index contributed by atoms with van der Waals surface area (Å²) < 4.78 is 0.789. The zero-order valence-electron chi connectivity index (χ0n) is 7.22. The summed E-state index contributed by atoms with van der Waals surface area (Å²) in [4.78, 5) is 0. The summed E-state index contributed by atoms with van der Waals surface area (Å²) in [7, 11) is 0. The van der Waals surface area contributed by atoms with E-state index in [1.807, 2.05) is 12.1 Å². The molecule has 0 aromatic heterocycles. The van der Waals surface area contributed by atoms with Crippen molar-refractivity contribution in [2.45, 2.75) is 12.5 Å². The molecule has 4 heteroatoms. The largest absolute Gasteiger partial charge is 0.394 e. The smallest absolute Gasteiger partial charge is 0.0650 e. The van der Waals surface area contributed by atoms with E-state index in [2.05, 4.69) is 15.9 Å². The third-order valence-electron chi connectivity index (χ3n) is 1.91. The highest BCUT2D eigenvalue weighted by Crippen LogP contribution is 2.27. The molecule has 0 heterocycles.